The van der Waals surface area contributed by atoms with Gasteiger partial charge in [-0.05, 0) is 50.9 Å². The molecule has 134 valence electrons. The number of benzene rings is 1. The van der Waals surface area contributed by atoms with Crippen LogP contribution < -0.4 is 0 Å². The van der Waals surface area contributed by atoms with Crippen LogP contribution >= 0.6 is 0 Å². The SMILES string of the molecule is CN(CCC1COCCO1)CC1CCN(Cc2ccccc2)CC1. The molecule has 3 rings (SSSR count). The molecule has 0 N–H and O–H groups in total. The molecule has 4 nitrogen and oxygen atoms in total. The van der Waals surface area contributed by atoms with Gasteiger partial charge in [0, 0.05) is 19.6 Å². The number of hydrogen-bond donors (Lipinski definition) is 0. The Kier molecular flexibility index (Phi) is 7.09. The second kappa shape index (κ2) is 9.52. The summed E-state index contributed by atoms with van der Waals surface area (Å²) in [6.45, 7) is 8.17. The molecule has 0 spiro atoms. The van der Waals surface area contributed by atoms with E-state index in [-0.39, 0.29) is 0 Å². The van der Waals surface area contributed by atoms with Gasteiger partial charge in [0.25, 0.3) is 0 Å². The number of hydrogen-bond acceptors (Lipinski definition) is 4. The normalized spacial score (nSPS) is 23.7. The van der Waals surface area contributed by atoms with E-state index in [1.54, 1.807) is 0 Å². The molecule has 0 aromatic heterocycles. The third-order valence-corrected chi connectivity index (χ3v) is 5.24. The Hall–Kier alpha value is -0.940. The van der Waals surface area contributed by atoms with Crippen molar-refractivity contribution < 1.29 is 9.47 Å². The van der Waals surface area contributed by atoms with Crippen LogP contribution in [0, 0.1) is 5.92 Å². The van der Waals surface area contributed by atoms with Crippen LogP contribution in [-0.2, 0) is 16.0 Å². The van der Waals surface area contributed by atoms with Crippen LogP contribution in [-0.4, -0.2) is 69.0 Å². The van der Waals surface area contributed by atoms with Crippen LogP contribution in [0.3, 0.4) is 0 Å². The van der Waals surface area contributed by atoms with Gasteiger partial charge in [0.05, 0.1) is 25.9 Å². The molecule has 4 heteroatoms. The van der Waals surface area contributed by atoms with Crippen LogP contribution in [0.4, 0.5) is 0 Å². The molecule has 0 amide bonds. The van der Waals surface area contributed by atoms with Gasteiger partial charge in [-0.2, -0.15) is 0 Å². The molecule has 0 bridgehead atoms. The highest BCUT2D eigenvalue weighted by atomic mass is 16.6. The summed E-state index contributed by atoms with van der Waals surface area (Å²) in [6.07, 6.45) is 4.03. The lowest BCUT2D eigenvalue weighted by Gasteiger charge is -2.34. The highest BCUT2D eigenvalue weighted by Gasteiger charge is 2.21. The summed E-state index contributed by atoms with van der Waals surface area (Å²) in [4.78, 5) is 5.08. The van der Waals surface area contributed by atoms with Gasteiger partial charge < -0.3 is 14.4 Å². The van der Waals surface area contributed by atoms with E-state index < -0.39 is 0 Å². The second-order valence-electron chi connectivity index (χ2n) is 7.32. The summed E-state index contributed by atoms with van der Waals surface area (Å²) in [5.74, 6) is 0.838. The lowest BCUT2D eigenvalue weighted by molar-refractivity contribution is -0.0925. The van der Waals surface area contributed by atoms with Crippen molar-refractivity contribution in [2.75, 3.05) is 53.0 Å². The number of piperidine rings is 1. The van der Waals surface area contributed by atoms with Gasteiger partial charge in [0.2, 0.25) is 0 Å². The van der Waals surface area contributed by atoms with Crippen LogP contribution in [0.15, 0.2) is 30.3 Å². The van der Waals surface area contributed by atoms with E-state index in [9.17, 15) is 0 Å². The summed E-state index contributed by atoms with van der Waals surface area (Å²) < 4.78 is 11.2. The summed E-state index contributed by atoms with van der Waals surface area (Å²) >= 11 is 0. The molecule has 0 radical (unpaired) electrons. The Balaban J connectivity index is 1.31. The predicted octanol–water partition coefficient (Wildman–Crippen LogP) is 2.64. The van der Waals surface area contributed by atoms with E-state index in [1.807, 2.05) is 0 Å². The number of likely N-dealkylation sites (tertiary alicyclic amines) is 1. The Bertz CT molecular complexity index is 454. The minimum Gasteiger partial charge on any atom is -0.376 e. The fourth-order valence-corrected chi connectivity index (χ4v) is 3.77. The zero-order valence-electron chi connectivity index (χ0n) is 15.0. The van der Waals surface area contributed by atoms with Gasteiger partial charge in [-0.15, -0.1) is 0 Å². The molecule has 0 aliphatic carbocycles. The summed E-state index contributed by atoms with van der Waals surface area (Å²) in [7, 11) is 2.25. The van der Waals surface area contributed by atoms with Gasteiger partial charge in [0.15, 0.2) is 0 Å². The van der Waals surface area contributed by atoms with Crippen molar-refractivity contribution in [3.05, 3.63) is 35.9 Å². The highest BCUT2D eigenvalue weighted by Crippen LogP contribution is 2.20. The van der Waals surface area contributed by atoms with Crippen LogP contribution in [0.5, 0.6) is 0 Å². The molecular formula is C20H32N2O2. The third kappa shape index (κ3) is 5.85. The van der Waals surface area contributed by atoms with Crippen LogP contribution in [0.25, 0.3) is 0 Å². The van der Waals surface area contributed by atoms with Crippen molar-refractivity contribution in [1.29, 1.82) is 0 Å². The summed E-state index contributed by atoms with van der Waals surface area (Å²) in [5.41, 5.74) is 1.43. The van der Waals surface area contributed by atoms with Crippen molar-refractivity contribution in [2.24, 2.45) is 5.92 Å². The lowest BCUT2D eigenvalue weighted by Crippen LogP contribution is -2.38. The molecule has 0 saturated carbocycles. The van der Waals surface area contributed by atoms with Gasteiger partial charge in [-0.3, -0.25) is 4.90 Å². The van der Waals surface area contributed by atoms with Crippen molar-refractivity contribution in [1.82, 2.24) is 9.80 Å². The van der Waals surface area contributed by atoms with E-state index in [0.29, 0.717) is 6.10 Å². The number of nitrogens with zero attached hydrogens (tertiary/aromatic N) is 2. The van der Waals surface area contributed by atoms with E-state index in [4.69, 9.17) is 9.47 Å². The van der Waals surface area contributed by atoms with Crippen molar-refractivity contribution >= 4 is 0 Å². The smallest absolute Gasteiger partial charge is 0.0821 e. The molecular weight excluding hydrogens is 300 g/mol. The molecule has 1 aromatic carbocycles. The van der Waals surface area contributed by atoms with E-state index in [0.717, 1.165) is 45.2 Å². The van der Waals surface area contributed by atoms with Crippen molar-refractivity contribution in [3.8, 4) is 0 Å². The molecule has 2 saturated heterocycles. The van der Waals surface area contributed by atoms with Crippen molar-refractivity contribution in [2.45, 2.75) is 31.9 Å². The van der Waals surface area contributed by atoms with Crippen molar-refractivity contribution in [3.63, 3.8) is 0 Å². The first-order valence-electron chi connectivity index (χ1n) is 9.44. The maximum atomic E-state index is 5.73. The zero-order valence-corrected chi connectivity index (χ0v) is 15.0. The van der Waals surface area contributed by atoms with Crippen LogP contribution in [0.1, 0.15) is 24.8 Å². The summed E-state index contributed by atoms with van der Waals surface area (Å²) in [5, 5.41) is 0. The molecule has 2 fully saturated rings. The molecule has 1 atom stereocenters. The predicted molar refractivity (Wildman–Crippen MR) is 97.1 cm³/mol. The third-order valence-electron chi connectivity index (χ3n) is 5.24. The Morgan fingerprint density at radius 1 is 1.12 bits per heavy atom. The molecule has 2 heterocycles. The average molecular weight is 332 g/mol. The number of ether oxygens (including phenoxy) is 2. The summed E-state index contributed by atoms with van der Waals surface area (Å²) in [6, 6.07) is 10.8. The zero-order chi connectivity index (χ0) is 16.6. The number of rotatable bonds is 7. The van der Waals surface area contributed by atoms with E-state index >= 15 is 0 Å². The topological polar surface area (TPSA) is 24.9 Å². The first-order chi connectivity index (χ1) is 11.8. The lowest BCUT2D eigenvalue weighted by atomic mass is 9.96. The maximum Gasteiger partial charge on any atom is 0.0821 e. The molecule has 2 aliphatic heterocycles. The van der Waals surface area contributed by atoms with E-state index in [2.05, 4.69) is 47.2 Å². The molecule has 1 unspecified atom stereocenters. The fraction of sp³-hybridized carbons (Fsp3) is 0.700. The average Bonchev–Trinajstić information content (AvgIpc) is 2.63. The molecule has 2 aliphatic rings. The van der Waals surface area contributed by atoms with Gasteiger partial charge in [-0.1, -0.05) is 30.3 Å². The van der Waals surface area contributed by atoms with Gasteiger partial charge >= 0.3 is 0 Å². The molecule has 1 aromatic rings. The van der Waals surface area contributed by atoms with E-state index in [1.165, 1.54) is 38.0 Å². The monoisotopic (exact) mass is 332 g/mol. The second-order valence-corrected chi connectivity index (χ2v) is 7.32. The molecule has 24 heavy (non-hydrogen) atoms. The quantitative estimate of drug-likeness (QED) is 0.766. The minimum absolute atomic E-state index is 0.300. The standard InChI is InChI=1S/C20H32N2O2/c1-21(10-9-20-17-23-13-14-24-20)15-19-7-11-22(12-8-19)16-18-5-3-2-4-6-18/h2-6,19-20H,7-17H2,1H3. The van der Waals surface area contributed by atoms with Gasteiger partial charge in [0.1, 0.15) is 0 Å². The first-order valence-corrected chi connectivity index (χ1v) is 9.44. The van der Waals surface area contributed by atoms with Gasteiger partial charge in [-0.25, -0.2) is 0 Å². The van der Waals surface area contributed by atoms with Crippen LogP contribution in [0.2, 0.25) is 0 Å². The minimum atomic E-state index is 0.300. The highest BCUT2D eigenvalue weighted by molar-refractivity contribution is 5.14. The Morgan fingerprint density at radius 2 is 1.92 bits per heavy atom. The Labute approximate surface area is 146 Å². The largest absolute Gasteiger partial charge is 0.376 e. The first kappa shape index (κ1) is 17.9. The fourth-order valence-electron chi connectivity index (χ4n) is 3.77. The Morgan fingerprint density at radius 3 is 2.62 bits per heavy atom. The maximum absolute atomic E-state index is 5.73.